The van der Waals surface area contributed by atoms with E-state index in [2.05, 4.69) is 31.4 Å². The molecular weight excluding hydrogens is 276 g/mol. The van der Waals surface area contributed by atoms with Gasteiger partial charge < -0.3 is 15.4 Å². The van der Waals surface area contributed by atoms with Crippen molar-refractivity contribution < 1.29 is 9.53 Å². The summed E-state index contributed by atoms with van der Waals surface area (Å²) in [6.45, 7) is 8.31. The fraction of sp³-hybridized carbons (Fsp3) is 0.933. The number of carbonyl (C=O) groups excluding carboxylic acids is 1. The number of hydrogen-bond donors (Lipinski definition) is 2. The number of nitrogens with one attached hydrogen (secondary N) is 2. The summed E-state index contributed by atoms with van der Waals surface area (Å²) in [7, 11) is 1.72. The van der Waals surface area contributed by atoms with Gasteiger partial charge in [-0.15, -0.1) is 12.4 Å². The first-order valence-electron chi connectivity index (χ1n) is 7.45. The van der Waals surface area contributed by atoms with E-state index < -0.39 is 0 Å². The highest BCUT2D eigenvalue weighted by molar-refractivity contribution is 5.85. The summed E-state index contributed by atoms with van der Waals surface area (Å²) in [5.41, 5.74) is 0.147. The summed E-state index contributed by atoms with van der Waals surface area (Å²) in [5, 5.41) is 6.54. The number of hydrogen-bond acceptors (Lipinski definition) is 3. The van der Waals surface area contributed by atoms with Crippen LogP contribution in [0.4, 0.5) is 0 Å². The molecule has 0 bridgehead atoms. The molecule has 1 saturated heterocycles. The number of halogens is 1. The Hall–Kier alpha value is -0.320. The molecule has 1 amide bonds. The molecule has 0 aromatic heterocycles. The predicted octanol–water partition coefficient (Wildman–Crippen LogP) is 2.12. The van der Waals surface area contributed by atoms with Crippen molar-refractivity contribution in [3.05, 3.63) is 0 Å². The fourth-order valence-corrected chi connectivity index (χ4v) is 3.41. The molecule has 1 aliphatic carbocycles. The average molecular weight is 305 g/mol. The molecule has 1 heterocycles. The molecule has 1 spiro atoms. The van der Waals surface area contributed by atoms with E-state index in [1.165, 1.54) is 0 Å². The van der Waals surface area contributed by atoms with Gasteiger partial charge in [-0.3, -0.25) is 4.79 Å². The third-order valence-electron chi connectivity index (χ3n) is 4.84. The van der Waals surface area contributed by atoms with Crippen LogP contribution in [0.5, 0.6) is 0 Å². The van der Waals surface area contributed by atoms with Crippen LogP contribution in [0.25, 0.3) is 0 Å². The normalized spacial score (nSPS) is 25.7. The maximum Gasteiger partial charge on any atom is 0.223 e. The van der Waals surface area contributed by atoms with E-state index >= 15 is 0 Å². The highest BCUT2D eigenvalue weighted by Gasteiger charge is 2.57. The zero-order valence-corrected chi connectivity index (χ0v) is 13.9. The van der Waals surface area contributed by atoms with Gasteiger partial charge in [0.05, 0.1) is 5.60 Å². The molecule has 0 aromatic carbocycles. The first-order valence-corrected chi connectivity index (χ1v) is 7.45. The second kappa shape index (κ2) is 6.63. The molecule has 20 heavy (non-hydrogen) atoms. The third-order valence-corrected chi connectivity index (χ3v) is 4.84. The average Bonchev–Trinajstić information content (AvgIpc) is 3.03. The van der Waals surface area contributed by atoms with Crippen molar-refractivity contribution in [1.29, 1.82) is 0 Å². The Bertz CT molecular complexity index is 341. The standard InChI is InChI=1S/C15H28N2O2.ClH/c1-11(9-14(2,3)19-4)17-13(18)12-10-15(12)5-7-16-8-6-15;/h11-12,16H,5-10H2,1-4H3,(H,17,18);1H. The fourth-order valence-electron chi connectivity index (χ4n) is 3.41. The second-order valence-electron chi connectivity index (χ2n) is 6.95. The van der Waals surface area contributed by atoms with E-state index in [1.807, 2.05) is 0 Å². The Labute approximate surface area is 128 Å². The summed E-state index contributed by atoms with van der Waals surface area (Å²) in [5.74, 6) is 0.504. The van der Waals surface area contributed by atoms with Crippen molar-refractivity contribution in [3.63, 3.8) is 0 Å². The molecule has 1 saturated carbocycles. The summed E-state index contributed by atoms with van der Waals surface area (Å²) in [4.78, 5) is 12.3. The molecule has 2 aliphatic rings. The first kappa shape index (κ1) is 17.7. The number of methoxy groups -OCH3 is 1. The van der Waals surface area contributed by atoms with Crippen molar-refractivity contribution >= 4 is 18.3 Å². The maximum absolute atomic E-state index is 12.3. The number of ether oxygens (including phenoxy) is 1. The lowest BCUT2D eigenvalue weighted by Gasteiger charge is -2.28. The lowest BCUT2D eigenvalue weighted by atomic mass is 9.91. The van der Waals surface area contributed by atoms with Crippen molar-refractivity contribution in [2.75, 3.05) is 20.2 Å². The van der Waals surface area contributed by atoms with Gasteiger partial charge in [-0.2, -0.15) is 0 Å². The lowest BCUT2D eigenvalue weighted by molar-refractivity contribution is -0.124. The van der Waals surface area contributed by atoms with Gasteiger partial charge in [0.25, 0.3) is 0 Å². The molecule has 0 radical (unpaired) electrons. The van der Waals surface area contributed by atoms with Gasteiger partial charge in [-0.1, -0.05) is 0 Å². The number of piperidine rings is 1. The van der Waals surface area contributed by atoms with Gasteiger partial charge in [0, 0.05) is 19.1 Å². The number of amides is 1. The van der Waals surface area contributed by atoms with Gasteiger partial charge in [0.15, 0.2) is 0 Å². The van der Waals surface area contributed by atoms with E-state index in [0.717, 1.165) is 38.8 Å². The van der Waals surface area contributed by atoms with Gasteiger partial charge in [0.2, 0.25) is 5.91 Å². The number of rotatable bonds is 5. The van der Waals surface area contributed by atoms with Gasteiger partial charge in [-0.25, -0.2) is 0 Å². The maximum atomic E-state index is 12.3. The minimum absolute atomic E-state index is 0. The van der Waals surface area contributed by atoms with Crippen LogP contribution in [0.3, 0.4) is 0 Å². The first-order chi connectivity index (χ1) is 8.88. The highest BCUT2D eigenvalue weighted by atomic mass is 35.5. The minimum Gasteiger partial charge on any atom is -0.379 e. The van der Waals surface area contributed by atoms with Crippen LogP contribution in [0.1, 0.15) is 46.5 Å². The van der Waals surface area contributed by atoms with E-state index in [4.69, 9.17) is 4.74 Å². The van der Waals surface area contributed by atoms with Gasteiger partial charge >= 0.3 is 0 Å². The summed E-state index contributed by atoms with van der Waals surface area (Å²) < 4.78 is 5.42. The SMILES string of the molecule is COC(C)(C)CC(C)NC(=O)C1CC12CCNCC2.Cl. The van der Waals surface area contributed by atoms with Crippen molar-refractivity contribution in [3.8, 4) is 0 Å². The Balaban J connectivity index is 0.00000200. The van der Waals surface area contributed by atoms with Crippen molar-refractivity contribution in [2.24, 2.45) is 11.3 Å². The van der Waals surface area contributed by atoms with Crippen LogP contribution in [0, 0.1) is 11.3 Å². The lowest BCUT2D eigenvalue weighted by Crippen LogP contribution is -2.41. The van der Waals surface area contributed by atoms with Crippen LogP contribution >= 0.6 is 12.4 Å². The Kier molecular flexibility index (Phi) is 5.88. The molecule has 2 rings (SSSR count). The molecule has 4 nitrogen and oxygen atoms in total. The molecule has 118 valence electrons. The Morgan fingerprint density at radius 1 is 1.45 bits per heavy atom. The number of carbonyl (C=O) groups is 1. The monoisotopic (exact) mass is 304 g/mol. The van der Waals surface area contributed by atoms with Gasteiger partial charge in [-0.05, 0) is 65.0 Å². The largest absolute Gasteiger partial charge is 0.379 e. The molecule has 2 fully saturated rings. The van der Waals surface area contributed by atoms with E-state index in [1.54, 1.807) is 7.11 Å². The zero-order valence-electron chi connectivity index (χ0n) is 13.1. The summed E-state index contributed by atoms with van der Waals surface area (Å²) >= 11 is 0. The van der Waals surface area contributed by atoms with Crippen LogP contribution in [-0.4, -0.2) is 37.7 Å². The van der Waals surface area contributed by atoms with Crippen LogP contribution < -0.4 is 10.6 Å². The second-order valence-corrected chi connectivity index (χ2v) is 6.95. The molecule has 2 N–H and O–H groups in total. The van der Waals surface area contributed by atoms with Crippen molar-refractivity contribution in [1.82, 2.24) is 10.6 Å². The van der Waals surface area contributed by atoms with Gasteiger partial charge in [0.1, 0.15) is 0 Å². The predicted molar refractivity (Wildman–Crippen MR) is 83.2 cm³/mol. The topological polar surface area (TPSA) is 50.4 Å². The minimum atomic E-state index is -0.178. The van der Waals surface area contributed by atoms with Crippen LogP contribution in [-0.2, 0) is 9.53 Å². The van der Waals surface area contributed by atoms with E-state index in [-0.39, 0.29) is 35.9 Å². The van der Waals surface area contributed by atoms with E-state index in [9.17, 15) is 4.79 Å². The quantitative estimate of drug-likeness (QED) is 0.818. The Morgan fingerprint density at radius 3 is 2.60 bits per heavy atom. The molecular formula is C15H29ClN2O2. The van der Waals surface area contributed by atoms with E-state index in [0.29, 0.717) is 5.41 Å². The highest BCUT2D eigenvalue weighted by Crippen LogP contribution is 2.58. The van der Waals surface area contributed by atoms with Crippen LogP contribution in [0.2, 0.25) is 0 Å². The zero-order chi connectivity index (χ0) is 14.1. The third kappa shape index (κ3) is 4.09. The molecule has 5 heteroatoms. The van der Waals surface area contributed by atoms with Crippen LogP contribution in [0.15, 0.2) is 0 Å². The summed E-state index contributed by atoms with van der Waals surface area (Å²) in [6.07, 6.45) is 4.24. The smallest absolute Gasteiger partial charge is 0.223 e. The molecule has 2 unspecified atom stereocenters. The van der Waals surface area contributed by atoms with Crippen molar-refractivity contribution in [2.45, 2.75) is 58.1 Å². The Morgan fingerprint density at radius 2 is 2.05 bits per heavy atom. The molecule has 0 aromatic rings. The molecule has 1 aliphatic heterocycles. The molecule has 2 atom stereocenters. The summed E-state index contributed by atoms with van der Waals surface area (Å²) in [6, 6.07) is 0.168.